The summed E-state index contributed by atoms with van der Waals surface area (Å²) in [6.45, 7) is 1.94. The molecule has 0 fully saturated rings. The summed E-state index contributed by atoms with van der Waals surface area (Å²) < 4.78 is 10.2. The van der Waals surface area contributed by atoms with E-state index < -0.39 is 0 Å². The van der Waals surface area contributed by atoms with Gasteiger partial charge in [0.25, 0.3) is 0 Å². The van der Waals surface area contributed by atoms with Crippen molar-refractivity contribution in [3.8, 4) is 0 Å². The zero-order valence-electron chi connectivity index (χ0n) is 8.22. The Hall–Kier alpha value is -1.25. The highest BCUT2D eigenvalue weighted by atomic mass is 16.5. The highest BCUT2D eigenvalue weighted by Crippen LogP contribution is 2.25. The molecule has 1 aliphatic carbocycles. The van der Waals surface area contributed by atoms with Crippen molar-refractivity contribution in [2.75, 3.05) is 14.2 Å². The SMILES string of the molecule is CCC1=C(OC)C(OC)=CCC1=O. The summed E-state index contributed by atoms with van der Waals surface area (Å²) in [7, 11) is 3.13. The highest BCUT2D eigenvalue weighted by molar-refractivity contribution is 5.98. The molecule has 0 N–H and O–H groups in total. The van der Waals surface area contributed by atoms with Gasteiger partial charge in [-0.3, -0.25) is 4.79 Å². The molecule has 3 heteroatoms. The van der Waals surface area contributed by atoms with Crippen molar-refractivity contribution in [3.63, 3.8) is 0 Å². The predicted octanol–water partition coefficient (Wildman–Crippen LogP) is 1.80. The maximum absolute atomic E-state index is 11.4. The van der Waals surface area contributed by atoms with E-state index in [-0.39, 0.29) is 5.78 Å². The molecule has 0 aromatic carbocycles. The Kier molecular flexibility index (Phi) is 3.12. The summed E-state index contributed by atoms with van der Waals surface area (Å²) in [5.41, 5.74) is 0.724. The average molecular weight is 182 g/mol. The van der Waals surface area contributed by atoms with Crippen LogP contribution in [0.4, 0.5) is 0 Å². The Morgan fingerprint density at radius 3 is 2.54 bits per heavy atom. The summed E-state index contributed by atoms with van der Waals surface area (Å²) in [5.74, 6) is 1.38. The smallest absolute Gasteiger partial charge is 0.167 e. The minimum Gasteiger partial charge on any atom is -0.493 e. The number of ether oxygens (including phenoxy) is 2. The molecule has 0 amide bonds. The lowest BCUT2D eigenvalue weighted by Gasteiger charge is -2.17. The van der Waals surface area contributed by atoms with Crippen molar-refractivity contribution >= 4 is 5.78 Å². The topological polar surface area (TPSA) is 35.5 Å². The Morgan fingerprint density at radius 1 is 1.38 bits per heavy atom. The van der Waals surface area contributed by atoms with Gasteiger partial charge in [0.1, 0.15) is 0 Å². The largest absolute Gasteiger partial charge is 0.493 e. The van der Waals surface area contributed by atoms with E-state index in [4.69, 9.17) is 9.47 Å². The van der Waals surface area contributed by atoms with Crippen LogP contribution in [-0.4, -0.2) is 20.0 Å². The number of carbonyl (C=O) groups is 1. The Morgan fingerprint density at radius 2 is 2.08 bits per heavy atom. The van der Waals surface area contributed by atoms with E-state index in [1.807, 2.05) is 6.92 Å². The lowest BCUT2D eigenvalue weighted by molar-refractivity contribution is -0.115. The summed E-state index contributed by atoms with van der Waals surface area (Å²) in [5, 5.41) is 0. The van der Waals surface area contributed by atoms with Gasteiger partial charge in [0.15, 0.2) is 17.3 Å². The van der Waals surface area contributed by atoms with Gasteiger partial charge in [0, 0.05) is 12.0 Å². The Labute approximate surface area is 78.0 Å². The summed E-state index contributed by atoms with van der Waals surface area (Å²) >= 11 is 0. The second-order valence-electron chi connectivity index (χ2n) is 2.77. The molecule has 1 rings (SSSR count). The molecule has 3 nitrogen and oxygen atoms in total. The van der Waals surface area contributed by atoms with Gasteiger partial charge in [-0.1, -0.05) is 6.92 Å². The fraction of sp³-hybridized carbons (Fsp3) is 0.500. The van der Waals surface area contributed by atoms with Gasteiger partial charge < -0.3 is 9.47 Å². The fourth-order valence-electron chi connectivity index (χ4n) is 1.43. The molecule has 0 heterocycles. The van der Waals surface area contributed by atoms with Gasteiger partial charge in [0.2, 0.25) is 0 Å². The first kappa shape index (κ1) is 9.84. The molecule has 0 bridgehead atoms. The van der Waals surface area contributed by atoms with Crippen molar-refractivity contribution in [1.82, 2.24) is 0 Å². The van der Waals surface area contributed by atoms with Gasteiger partial charge in [-0.25, -0.2) is 0 Å². The minimum atomic E-state index is 0.125. The second-order valence-corrected chi connectivity index (χ2v) is 2.77. The van der Waals surface area contributed by atoms with Crippen LogP contribution in [0.5, 0.6) is 0 Å². The summed E-state index contributed by atoms with van der Waals surface area (Å²) in [4.78, 5) is 11.4. The average Bonchev–Trinajstić information content (AvgIpc) is 2.17. The van der Waals surface area contributed by atoms with Crippen LogP contribution in [0, 0.1) is 0 Å². The third kappa shape index (κ3) is 1.74. The van der Waals surface area contributed by atoms with E-state index in [0.717, 1.165) is 5.57 Å². The Bertz CT molecular complexity index is 274. The number of Topliss-reactive ketones (excluding diaryl/α,β-unsaturated/α-hetero) is 1. The van der Waals surface area contributed by atoms with Gasteiger partial charge in [-0.05, 0) is 12.5 Å². The van der Waals surface area contributed by atoms with Crippen molar-refractivity contribution in [2.24, 2.45) is 0 Å². The minimum absolute atomic E-state index is 0.125. The van der Waals surface area contributed by atoms with Crippen LogP contribution < -0.4 is 0 Å². The molecule has 1 aliphatic rings. The number of hydrogen-bond acceptors (Lipinski definition) is 3. The first-order chi connectivity index (χ1) is 6.24. The molecule has 72 valence electrons. The molecular formula is C10H14O3. The highest BCUT2D eigenvalue weighted by Gasteiger charge is 2.22. The van der Waals surface area contributed by atoms with Crippen LogP contribution in [0.15, 0.2) is 23.2 Å². The van der Waals surface area contributed by atoms with Crippen LogP contribution in [0.1, 0.15) is 19.8 Å². The van der Waals surface area contributed by atoms with E-state index in [2.05, 4.69) is 0 Å². The number of carbonyl (C=O) groups excluding carboxylic acids is 1. The monoisotopic (exact) mass is 182 g/mol. The molecule has 0 spiro atoms. The third-order valence-corrected chi connectivity index (χ3v) is 2.08. The van der Waals surface area contributed by atoms with Crippen molar-refractivity contribution in [3.05, 3.63) is 23.2 Å². The number of ketones is 1. The van der Waals surface area contributed by atoms with E-state index in [1.165, 1.54) is 0 Å². The molecule has 0 atom stereocenters. The van der Waals surface area contributed by atoms with Crippen molar-refractivity contribution < 1.29 is 14.3 Å². The van der Waals surface area contributed by atoms with E-state index >= 15 is 0 Å². The van der Waals surface area contributed by atoms with Gasteiger partial charge >= 0.3 is 0 Å². The molecule has 0 saturated carbocycles. The van der Waals surface area contributed by atoms with Crippen LogP contribution in [0.3, 0.4) is 0 Å². The van der Waals surface area contributed by atoms with Gasteiger partial charge in [0.05, 0.1) is 14.2 Å². The van der Waals surface area contributed by atoms with Gasteiger partial charge in [-0.2, -0.15) is 0 Å². The van der Waals surface area contributed by atoms with Crippen LogP contribution in [0.25, 0.3) is 0 Å². The lowest BCUT2D eigenvalue weighted by Crippen LogP contribution is -2.13. The van der Waals surface area contributed by atoms with Gasteiger partial charge in [-0.15, -0.1) is 0 Å². The quantitative estimate of drug-likeness (QED) is 0.667. The molecule has 0 aromatic rings. The first-order valence-corrected chi connectivity index (χ1v) is 4.29. The van der Waals surface area contributed by atoms with Crippen LogP contribution in [0.2, 0.25) is 0 Å². The molecule has 0 aliphatic heterocycles. The normalized spacial score (nSPS) is 17.2. The van der Waals surface area contributed by atoms with E-state index in [9.17, 15) is 4.79 Å². The maximum atomic E-state index is 11.4. The van der Waals surface area contributed by atoms with Crippen molar-refractivity contribution in [2.45, 2.75) is 19.8 Å². The lowest BCUT2D eigenvalue weighted by atomic mass is 9.98. The van der Waals surface area contributed by atoms with E-state index in [1.54, 1.807) is 20.3 Å². The first-order valence-electron chi connectivity index (χ1n) is 4.29. The molecule has 0 saturated heterocycles. The number of hydrogen-bond donors (Lipinski definition) is 0. The standard InChI is InChI=1S/C10H14O3/c1-4-7-8(11)5-6-9(12-2)10(7)13-3/h6H,4-5H2,1-3H3. The zero-order valence-corrected chi connectivity index (χ0v) is 8.22. The number of rotatable bonds is 3. The maximum Gasteiger partial charge on any atom is 0.167 e. The number of allylic oxidation sites excluding steroid dienone is 2. The van der Waals surface area contributed by atoms with E-state index in [0.29, 0.717) is 24.4 Å². The fourth-order valence-corrected chi connectivity index (χ4v) is 1.43. The van der Waals surface area contributed by atoms with Crippen LogP contribution >= 0.6 is 0 Å². The zero-order chi connectivity index (χ0) is 9.84. The molecule has 0 radical (unpaired) electrons. The van der Waals surface area contributed by atoms with Crippen LogP contribution in [-0.2, 0) is 14.3 Å². The van der Waals surface area contributed by atoms with Crippen molar-refractivity contribution in [1.29, 1.82) is 0 Å². The predicted molar refractivity (Wildman–Crippen MR) is 49.0 cm³/mol. The second kappa shape index (κ2) is 4.12. The molecule has 0 unspecified atom stereocenters. The third-order valence-electron chi connectivity index (χ3n) is 2.08. The molecule has 0 aromatic heterocycles. The summed E-state index contributed by atoms with van der Waals surface area (Å²) in [6, 6.07) is 0. The summed E-state index contributed by atoms with van der Waals surface area (Å²) in [6.07, 6.45) is 2.85. The number of methoxy groups -OCH3 is 2. The molecule has 13 heavy (non-hydrogen) atoms. The Balaban J connectivity index is 3.07. The molecular weight excluding hydrogens is 168 g/mol.